The van der Waals surface area contributed by atoms with Gasteiger partial charge in [-0.15, -0.1) is 0 Å². The minimum absolute atomic E-state index is 0.162. The number of rotatable bonds is 7. The van der Waals surface area contributed by atoms with Gasteiger partial charge < -0.3 is 24.0 Å². The molecule has 1 aliphatic rings. The number of amides is 1. The maximum Gasteiger partial charge on any atom is 0.264 e. The molecule has 9 heteroatoms. The fraction of sp³-hybridized carbons (Fsp3) is 0.348. The molecule has 1 amide bonds. The number of aromatic nitrogens is 2. The molecule has 2 aromatic carbocycles. The lowest BCUT2D eigenvalue weighted by Gasteiger charge is -2.20. The van der Waals surface area contributed by atoms with E-state index in [0.717, 1.165) is 24.2 Å². The molecule has 1 N–H and O–H groups in total. The van der Waals surface area contributed by atoms with E-state index in [1.165, 1.54) is 21.3 Å². The first-order valence-corrected chi connectivity index (χ1v) is 10.3. The molecule has 1 saturated heterocycles. The van der Waals surface area contributed by atoms with Gasteiger partial charge >= 0.3 is 0 Å². The average molecular weight is 438 g/mol. The van der Waals surface area contributed by atoms with Crippen LogP contribution in [0.1, 0.15) is 18.4 Å². The van der Waals surface area contributed by atoms with E-state index in [9.17, 15) is 9.59 Å². The summed E-state index contributed by atoms with van der Waals surface area (Å²) < 4.78 is 16.2. The van der Waals surface area contributed by atoms with Gasteiger partial charge in [0.1, 0.15) is 5.39 Å². The fourth-order valence-electron chi connectivity index (χ4n) is 3.99. The van der Waals surface area contributed by atoms with Crippen LogP contribution < -0.4 is 29.6 Å². The lowest BCUT2D eigenvalue weighted by molar-refractivity contribution is -0.117. The zero-order chi connectivity index (χ0) is 22.8. The van der Waals surface area contributed by atoms with Crippen LogP contribution in [0.25, 0.3) is 10.9 Å². The highest BCUT2D eigenvalue weighted by atomic mass is 16.5. The predicted octanol–water partition coefficient (Wildman–Crippen LogP) is 2.71. The SMILES string of the molecule is COc1cc2nc(N(C)Cc3ccc(N4CCCC4=O)cc3)[nH]c(=O)c2c(OC)c1OC. The van der Waals surface area contributed by atoms with Crippen LogP contribution >= 0.6 is 0 Å². The van der Waals surface area contributed by atoms with Gasteiger partial charge in [-0.3, -0.25) is 14.6 Å². The molecule has 0 unspecified atom stereocenters. The second-order valence-electron chi connectivity index (χ2n) is 7.60. The molecule has 9 nitrogen and oxygen atoms in total. The molecule has 0 atom stereocenters. The van der Waals surface area contributed by atoms with Gasteiger partial charge in [0.2, 0.25) is 17.6 Å². The third kappa shape index (κ3) is 3.81. The Balaban J connectivity index is 1.63. The zero-order valence-corrected chi connectivity index (χ0v) is 18.6. The van der Waals surface area contributed by atoms with Crippen molar-refractivity contribution in [3.8, 4) is 17.2 Å². The predicted molar refractivity (Wildman–Crippen MR) is 122 cm³/mol. The van der Waals surface area contributed by atoms with E-state index < -0.39 is 0 Å². The number of nitrogens with zero attached hydrogens (tertiary/aromatic N) is 3. The van der Waals surface area contributed by atoms with Crippen molar-refractivity contribution in [3.05, 3.63) is 46.2 Å². The Kier molecular flexibility index (Phi) is 5.89. The van der Waals surface area contributed by atoms with Crippen molar-refractivity contribution in [1.29, 1.82) is 0 Å². The minimum Gasteiger partial charge on any atom is -0.493 e. The van der Waals surface area contributed by atoms with Gasteiger partial charge in [0.25, 0.3) is 5.56 Å². The number of benzene rings is 2. The number of hydrogen-bond acceptors (Lipinski definition) is 7. The molecular formula is C23H26N4O5. The van der Waals surface area contributed by atoms with Crippen molar-refractivity contribution in [2.45, 2.75) is 19.4 Å². The Morgan fingerprint density at radius 3 is 2.38 bits per heavy atom. The number of H-pyrrole nitrogens is 1. The lowest BCUT2D eigenvalue weighted by atomic mass is 10.2. The Labute approximate surface area is 185 Å². The summed E-state index contributed by atoms with van der Waals surface area (Å²) in [6.45, 7) is 1.28. The van der Waals surface area contributed by atoms with Crippen molar-refractivity contribution >= 4 is 28.4 Å². The van der Waals surface area contributed by atoms with E-state index in [1.54, 1.807) is 6.07 Å². The van der Waals surface area contributed by atoms with Crippen LogP contribution in [0.3, 0.4) is 0 Å². The third-order valence-corrected chi connectivity index (χ3v) is 5.59. The topological polar surface area (TPSA) is 97.0 Å². The molecule has 3 aromatic rings. The molecule has 0 radical (unpaired) electrons. The van der Waals surface area contributed by atoms with Gasteiger partial charge in [0.15, 0.2) is 11.5 Å². The van der Waals surface area contributed by atoms with Crippen LogP contribution in [0.2, 0.25) is 0 Å². The number of fused-ring (bicyclic) bond motifs is 1. The highest BCUT2D eigenvalue weighted by Crippen LogP contribution is 2.41. The van der Waals surface area contributed by atoms with Gasteiger partial charge in [-0.05, 0) is 24.1 Å². The van der Waals surface area contributed by atoms with Crippen molar-refractivity contribution in [2.75, 3.05) is 44.7 Å². The number of aromatic amines is 1. The average Bonchev–Trinajstić information content (AvgIpc) is 3.23. The van der Waals surface area contributed by atoms with Gasteiger partial charge in [0.05, 0.1) is 26.8 Å². The molecule has 1 fully saturated rings. The number of hydrogen-bond donors (Lipinski definition) is 1. The van der Waals surface area contributed by atoms with Gasteiger partial charge in [-0.1, -0.05) is 12.1 Å². The van der Waals surface area contributed by atoms with Crippen LogP contribution in [-0.4, -0.2) is 50.8 Å². The summed E-state index contributed by atoms with van der Waals surface area (Å²) in [6, 6.07) is 9.52. The van der Waals surface area contributed by atoms with Crippen LogP contribution in [0.15, 0.2) is 35.1 Å². The summed E-state index contributed by atoms with van der Waals surface area (Å²) in [5, 5.41) is 0.293. The highest BCUT2D eigenvalue weighted by molar-refractivity contribution is 5.95. The van der Waals surface area contributed by atoms with Crippen molar-refractivity contribution in [1.82, 2.24) is 9.97 Å². The normalized spacial score (nSPS) is 13.5. The van der Waals surface area contributed by atoms with Crippen LogP contribution in [-0.2, 0) is 11.3 Å². The second kappa shape index (κ2) is 8.78. The lowest BCUT2D eigenvalue weighted by Crippen LogP contribution is -2.24. The van der Waals surface area contributed by atoms with Crippen molar-refractivity contribution < 1.29 is 19.0 Å². The van der Waals surface area contributed by atoms with E-state index in [0.29, 0.717) is 41.3 Å². The van der Waals surface area contributed by atoms with Crippen molar-refractivity contribution in [3.63, 3.8) is 0 Å². The summed E-state index contributed by atoms with van der Waals surface area (Å²) in [5.74, 6) is 1.62. The molecule has 2 heterocycles. The molecule has 1 aromatic heterocycles. The fourth-order valence-corrected chi connectivity index (χ4v) is 3.99. The molecular weight excluding hydrogens is 412 g/mol. The van der Waals surface area contributed by atoms with E-state index in [2.05, 4.69) is 9.97 Å². The van der Waals surface area contributed by atoms with Crippen LogP contribution in [0, 0.1) is 0 Å². The van der Waals surface area contributed by atoms with E-state index in [1.807, 2.05) is 41.1 Å². The van der Waals surface area contributed by atoms with E-state index in [4.69, 9.17) is 14.2 Å². The van der Waals surface area contributed by atoms with Gasteiger partial charge in [-0.2, -0.15) is 0 Å². The quantitative estimate of drug-likeness (QED) is 0.606. The standard InChI is InChI=1S/C23H26N4O5/c1-26(13-14-7-9-15(10-8-14)27-11-5-6-18(27)28)23-24-16-12-17(30-2)20(31-3)21(32-4)19(16)22(29)25-23/h7-10,12H,5-6,11,13H2,1-4H3,(H,24,25,29). The third-order valence-electron chi connectivity index (χ3n) is 5.59. The molecule has 0 spiro atoms. The Morgan fingerprint density at radius 2 is 1.78 bits per heavy atom. The number of carbonyl (C=O) groups is 1. The number of ether oxygens (including phenoxy) is 3. The van der Waals surface area contributed by atoms with Crippen molar-refractivity contribution in [2.24, 2.45) is 0 Å². The Morgan fingerprint density at radius 1 is 1.06 bits per heavy atom. The number of nitrogens with one attached hydrogen (secondary N) is 1. The largest absolute Gasteiger partial charge is 0.493 e. The first-order chi connectivity index (χ1) is 15.5. The second-order valence-corrected chi connectivity index (χ2v) is 7.60. The highest BCUT2D eigenvalue weighted by Gasteiger charge is 2.22. The first kappa shape index (κ1) is 21.5. The smallest absolute Gasteiger partial charge is 0.264 e. The minimum atomic E-state index is -0.336. The Bertz CT molecular complexity index is 1210. The van der Waals surface area contributed by atoms with Gasteiger partial charge in [-0.25, -0.2) is 4.98 Å². The monoisotopic (exact) mass is 438 g/mol. The summed E-state index contributed by atoms with van der Waals surface area (Å²) in [4.78, 5) is 35.9. The summed E-state index contributed by atoms with van der Waals surface area (Å²) in [5.41, 5.74) is 2.03. The molecule has 0 bridgehead atoms. The number of anilines is 2. The molecule has 168 valence electrons. The van der Waals surface area contributed by atoms with Crippen LogP contribution in [0.4, 0.5) is 11.6 Å². The van der Waals surface area contributed by atoms with Gasteiger partial charge in [0, 0.05) is 38.3 Å². The van der Waals surface area contributed by atoms with E-state index >= 15 is 0 Å². The summed E-state index contributed by atoms with van der Waals surface area (Å²) >= 11 is 0. The summed E-state index contributed by atoms with van der Waals surface area (Å²) in [6.07, 6.45) is 1.50. The maximum atomic E-state index is 12.9. The molecule has 4 rings (SSSR count). The van der Waals surface area contributed by atoms with Crippen LogP contribution in [0.5, 0.6) is 17.2 Å². The molecule has 1 aliphatic heterocycles. The number of methoxy groups -OCH3 is 3. The molecule has 0 aliphatic carbocycles. The molecule has 0 saturated carbocycles. The van der Waals surface area contributed by atoms with E-state index in [-0.39, 0.29) is 17.2 Å². The number of carbonyl (C=O) groups excluding carboxylic acids is 1. The Hall–Kier alpha value is -3.75. The zero-order valence-electron chi connectivity index (χ0n) is 18.6. The first-order valence-electron chi connectivity index (χ1n) is 10.3. The molecule has 32 heavy (non-hydrogen) atoms. The maximum absolute atomic E-state index is 12.9. The summed E-state index contributed by atoms with van der Waals surface area (Å²) in [7, 11) is 6.32.